The third-order valence-electron chi connectivity index (χ3n) is 7.12. The molecule has 5 rings (SSSR count). The molecule has 0 aliphatic carbocycles. The van der Waals surface area contributed by atoms with Crippen LogP contribution in [0.15, 0.2) is 97.1 Å². The molecule has 0 radical (unpaired) electrons. The number of phenolic OH excluding ortho intramolecular Hbond substituents is 1. The lowest BCUT2D eigenvalue weighted by molar-refractivity contribution is -0.131. The van der Waals surface area contributed by atoms with Crippen LogP contribution in [0.3, 0.4) is 0 Å². The van der Waals surface area contributed by atoms with Gasteiger partial charge in [-0.25, -0.2) is 0 Å². The van der Waals surface area contributed by atoms with E-state index in [-0.39, 0.29) is 17.0 Å². The zero-order chi connectivity index (χ0) is 27.7. The van der Waals surface area contributed by atoms with Crippen LogP contribution in [0.5, 0.6) is 5.75 Å². The maximum atomic E-state index is 13.3. The van der Waals surface area contributed by atoms with Crippen molar-refractivity contribution in [3.05, 3.63) is 113 Å². The van der Waals surface area contributed by atoms with Crippen LogP contribution in [0.4, 0.5) is 5.69 Å². The second kappa shape index (κ2) is 11.0. The van der Waals surface area contributed by atoms with Gasteiger partial charge in [-0.1, -0.05) is 66.2 Å². The summed E-state index contributed by atoms with van der Waals surface area (Å²) in [5, 5.41) is 22.3. The van der Waals surface area contributed by atoms with Gasteiger partial charge in [0.15, 0.2) is 0 Å². The van der Waals surface area contributed by atoms with E-state index >= 15 is 0 Å². The van der Waals surface area contributed by atoms with E-state index in [9.17, 15) is 29.4 Å². The zero-order valence-corrected chi connectivity index (χ0v) is 22.4. The second-order valence-electron chi connectivity index (χ2n) is 9.61. The first kappa shape index (κ1) is 27.1. The number of hydrogen-bond donors (Lipinski definition) is 4. The number of rotatable bonds is 8. The summed E-state index contributed by atoms with van der Waals surface area (Å²) in [6.07, 6.45) is -0.00776. The number of carbonyl (C=O) groups excluding carboxylic acids is 1. The number of amides is 1. The Morgan fingerprint density at radius 1 is 0.872 bits per heavy atom. The molecule has 39 heavy (non-hydrogen) atoms. The first-order valence-corrected chi connectivity index (χ1v) is 14.4. The fourth-order valence-electron chi connectivity index (χ4n) is 5.09. The van der Waals surface area contributed by atoms with Gasteiger partial charge in [-0.3, -0.25) is 9.36 Å². The first-order valence-electron chi connectivity index (χ1n) is 12.4. The molecule has 3 atom stereocenters. The summed E-state index contributed by atoms with van der Waals surface area (Å²) in [5.41, 5.74) is 3.11. The monoisotopic (exact) mass is 563 g/mol. The van der Waals surface area contributed by atoms with Crippen molar-refractivity contribution < 1.29 is 29.4 Å². The van der Waals surface area contributed by atoms with E-state index in [0.29, 0.717) is 45.8 Å². The minimum absolute atomic E-state index is 0.0317. The molecule has 1 saturated heterocycles. The van der Waals surface area contributed by atoms with Gasteiger partial charge in [0.25, 0.3) is 0 Å². The molecule has 4 N–H and O–H groups in total. The third kappa shape index (κ3) is 5.64. The molecular weight excluding hydrogens is 537 g/mol. The molecule has 3 unspecified atom stereocenters. The SMILES string of the molecule is O=C1C(CCC(O)c2ccc(Cl)cc2)C(c2ccc(-c3cccc(P(=O)(O)O)c3)cc2O)N1c1ccccc1. The smallest absolute Gasteiger partial charge is 0.356 e. The highest BCUT2D eigenvalue weighted by Crippen LogP contribution is 2.49. The van der Waals surface area contributed by atoms with Crippen LogP contribution in [0, 0.1) is 5.92 Å². The van der Waals surface area contributed by atoms with Crippen molar-refractivity contribution in [3.8, 4) is 16.9 Å². The van der Waals surface area contributed by atoms with Gasteiger partial charge in [-0.15, -0.1) is 0 Å². The van der Waals surface area contributed by atoms with Gasteiger partial charge in [-0.2, -0.15) is 0 Å². The fraction of sp³-hybridized carbons (Fsp3) is 0.167. The molecule has 1 heterocycles. The minimum atomic E-state index is -4.43. The van der Waals surface area contributed by atoms with E-state index in [1.165, 1.54) is 12.1 Å². The highest BCUT2D eigenvalue weighted by atomic mass is 35.5. The number of carbonyl (C=O) groups is 1. The number of aromatic hydroxyl groups is 1. The quantitative estimate of drug-likeness (QED) is 0.160. The minimum Gasteiger partial charge on any atom is -0.508 e. The van der Waals surface area contributed by atoms with Gasteiger partial charge in [0.1, 0.15) is 5.75 Å². The van der Waals surface area contributed by atoms with E-state index in [4.69, 9.17) is 11.6 Å². The van der Waals surface area contributed by atoms with Gasteiger partial charge in [-0.05, 0) is 72.0 Å². The molecule has 4 aromatic carbocycles. The normalized spacial score (nSPS) is 18.1. The fourth-order valence-corrected chi connectivity index (χ4v) is 5.80. The summed E-state index contributed by atoms with van der Waals surface area (Å²) >= 11 is 5.96. The second-order valence-corrected chi connectivity index (χ2v) is 11.6. The Morgan fingerprint density at radius 3 is 2.23 bits per heavy atom. The van der Waals surface area contributed by atoms with E-state index < -0.39 is 25.7 Å². The van der Waals surface area contributed by atoms with E-state index in [0.717, 1.165) is 0 Å². The van der Waals surface area contributed by atoms with Crippen molar-refractivity contribution in [2.75, 3.05) is 4.90 Å². The summed E-state index contributed by atoms with van der Waals surface area (Å²) in [5.74, 6) is -0.579. The Kier molecular flexibility index (Phi) is 7.63. The topological polar surface area (TPSA) is 118 Å². The highest BCUT2D eigenvalue weighted by Gasteiger charge is 2.49. The number of β-lactam (4-membered cyclic amide) rings is 1. The molecule has 1 amide bonds. The van der Waals surface area contributed by atoms with Crippen LogP contribution in [-0.2, 0) is 9.36 Å². The Hall–Kier alpha value is -3.45. The average molecular weight is 564 g/mol. The summed E-state index contributed by atoms with van der Waals surface area (Å²) in [7, 11) is -4.43. The lowest BCUT2D eigenvalue weighted by Crippen LogP contribution is -2.55. The molecule has 4 aromatic rings. The Labute approximate surface area is 231 Å². The van der Waals surface area contributed by atoms with Gasteiger partial charge < -0.3 is 24.9 Å². The van der Waals surface area contributed by atoms with Gasteiger partial charge >= 0.3 is 7.60 Å². The maximum Gasteiger partial charge on any atom is 0.356 e. The molecule has 0 saturated carbocycles. The average Bonchev–Trinajstić information content (AvgIpc) is 2.92. The third-order valence-corrected chi connectivity index (χ3v) is 8.32. The van der Waals surface area contributed by atoms with Crippen LogP contribution in [-0.4, -0.2) is 25.9 Å². The number of benzene rings is 4. The number of phenols is 1. The maximum absolute atomic E-state index is 13.3. The molecule has 0 bridgehead atoms. The van der Waals surface area contributed by atoms with Crippen LogP contribution in [0.1, 0.15) is 36.1 Å². The Balaban J connectivity index is 1.44. The number of aliphatic hydroxyl groups excluding tert-OH is 1. The van der Waals surface area contributed by atoms with Crippen molar-refractivity contribution in [2.24, 2.45) is 5.92 Å². The number of anilines is 1. The van der Waals surface area contributed by atoms with Gasteiger partial charge in [0.05, 0.1) is 23.4 Å². The van der Waals surface area contributed by atoms with Crippen LogP contribution in [0.25, 0.3) is 11.1 Å². The number of aliphatic hydroxyl groups is 1. The summed E-state index contributed by atoms with van der Waals surface area (Å²) < 4.78 is 11.7. The molecule has 1 fully saturated rings. The molecule has 1 aliphatic rings. The predicted octanol–water partition coefficient (Wildman–Crippen LogP) is 5.73. The molecule has 7 nitrogen and oxygen atoms in total. The van der Waals surface area contributed by atoms with E-state index in [1.54, 1.807) is 59.5 Å². The van der Waals surface area contributed by atoms with Crippen LogP contribution < -0.4 is 10.2 Å². The van der Waals surface area contributed by atoms with Crippen molar-refractivity contribution in [1.29, 1.82) is 0 Å². The van der Waals surface area contributed by atoms with Gasteiger partial charge in [0.2, 0.25) is 5.91 Å². The number of nitrogens with zero attached hydrogens (tertiary/aromatic N) is 1. The molecule has 200 valence electrons. The van der Waals surface area contributed by atoms with Crippen LogP contribution >= 0.6 is 19.2 Å². The van der Waals surface area contributed by atoms with Crippen molar-refractivity contribution in [3.63, 3.8) is 0 Å². The largest absolute Gasteiger partial charge is 0.508 e. The van der Waals surface area contributed by atoms with Crippen molar-refractivity contribution >= 4 is 36.1 Å². The lowest BCUT2D eigenvalue weighted by atomic mass is 9.77. The van der Waals surface area contributed by atoms with Gasteiger partial charge in [0, 0.05) is 16.3 Å². The summed E-state index contributed by atoms with van der Waals surface area (Å²) in [4.78, 5) is 34.1. The van der Waals surface area contributed by atoms with Crippen LogP contribution in [0.2, 0.25) is 5.02 Å². The number of hydrogen-bond acceptors (Lipinski definition) is 4. The Morgan fingerprint density at radius 2 is 1.56 bits per heavy atom. The predicted molar refractivity (Wildman–Crippen MR) is 151 cm³/mol. The standard InChI is InChI=1S/C30H27ClNO6P/c31-22-12-9-19(10-13-22)27(33)16-15-26-29(32(30(26)35)23-6-2-1-3-7-23)25-14-11-21(18-28(25)34)20-5-4-8-24(17-20)39(36,37)38/h1-14,17-18,26-27,29,33-34H,15-16H2,(H2,36,37,38). The van der Waals surface area contributed by atoms with Crippen molar-refractivity contribution in [1.82, 2.24) is 0 Å². The number of para-hydroxylation sites is 1. The lowest BCUT2D eigenvalue weighted by Gasteiger charge is -2.48. The zero-order valence-electron chi connectivity index (χ0n) is 20.8. The highest BCUT2D eigenvalue weighted by molar-refractivity contribution is 7.60. The molecule has 0 aromatic heterocycles. The molecule has 9 heteroatoms. The van der Waals surface area contributed by atoms with E-state index in [1.807, 2.05) is 30.3 Å². The summed E-state index contributed by atoms with van der Waals surface area (Å²) in [6.45, 7) is 0. The first-order chi connectivity index (χ1) is 18.6. The Bertz CT molecular complexity index is 1540. The van der Waals surface area contributed by atoms with E-state index in [2.05, 4.69) is 0 Å². The molecule has 1 aliphatic heterocycles. The molecular formula is C30H27ClNO6P. The number of halogens is 1. The molecule has 0 spiro atoms. The summed E-state index contributed by atoms with van der Waals surface area (Å²) in [6, 6.07) is 26.8. The van der Waals surface area contributed by atoms with Crippen molar-refractivity contribution in [2.45, 2.75) is 25.0 Å².